The van der Waals surface area contributed by atoms with Crippen molar-refractivity contribution in [1.82, 2.24) is 9.55 Å². The van der Waals surface area contributed by atoms with Crippen LogP contribution in [0.2, 0.25) is 5.15 Å². The van der Waals surface area contributed by atoms with Crippen molar-refractivity contribution in [2.75, 3.05) is 6.61 Å². The minimum atomic E-state index is -0.440. The molecule has 20 heavy (non-hydrogen) atoms. The van der Waals surface area contributed by atoms with E-state index in [2.05, 4.69) is 4.98 Å². The predicted octanol–water partition coefficient (Wildman–Crippen LogP) is 2.35. The van der Waals surface area contributed by atoms with Crippen molar-refractivity contribution in [2.45, 2.75) is 59.1 Å². The molecule has 1 heterocycles. The van der Waals surface area contributed by atoms with E-state index in [1.165, 1.54) is 4.57 Å². The van der Waals surface area contributed by atoms with Crippen LogP contribution in [-0.4, -0.2) is 22.3 Å². The summed E-state index contributed by atoms with van der Waals surface area (Å²) in [7, 11) is 0. The van der Waals surface area contributed by atoms with Crippen molar-refractivity contribution in [2.24, 2.45) is 0 Å². The molecule has 0 atom stereocenters. The van der Waals surface area contributed by atoms with Crippen LogP contribution in [0, 0.1) is 0 Å². The smallest absolute Gasteiger partial charge is 0.329 e. The fraction of sp³-hybridized carbons (Fsp3) is 0.714. The van der Waals surface area contributed by atoms with Gasteiger partial charge < -0.3 is 4.74 Å². The second kappa shape index (κ2) is 8.27. The molecule has 0 aliphatic heterocycles. The van der Waals surface area contributed by atoms with Crippen LogP contribution in [0.15, 0.2) is 9.59 Å². The SMILES string of the molecule is CCCc1c(Cl)[nH]c(=O)n(CCCCOC(C)C)c1=O. The van der Waals surface area contributed by atoms with Gasteiger partial charge in [0.05, 0.1) is 11.7 Å². The molecule has 0 amide bonds. The summed E-state index contributed by atoms with van der Waals surface area (Å²) in [6, 6.07) is 0. The minimum Gasteiger partial charge on any atom is -0.379 e. The van der Waals surface area contributed by atoms with Gasteiger partial charge in [-0.05, 0) is 33.1 Å². The van der Waals surface area contributed by atoms with E-state index < -0.39 is 5.69 Å². The maximum absolute atomic E-state index is 12.2. The molecule has 114 valence electrons. The van der Waals surface area contributed by atoms with E-state index in [4.69, 9.17) is 16.3 Å². The van der Waals surface area contributed by atoms with E-state index in [0.29, 0.717) is 25.1 Å². The lowest BCUT2D eigenvalue weighted by Crippen LogP contribution is -2.37. The molecule has 1 N–H and O–H groups in total. The van der Waals surface area contributed by atoms with Gasteiger partial charge in [0.15, 0.2) is 0 Å². The van der Waals surface area contributed by atoms with Gasteiger partial charge in [0.2, 0.25) is 0 Å². The van der Waals surface area contributed by atoms with Crippen LogP contribution < -0.4 is 11.2 Å². The molecule has 6 heteroatoms. The Labute approximate surface area is 123 Å². The number of rotatable bonds is 8. The van der Waals surface area contributed by atoms with Crippen LogP contribution >= 0.6 is 11.6 Å². The summed E-state index contributed by atoms with van der Waals surface area (Å²) in [6.07, 6.45) is 3.13. The number of unbranched alkanes of at least 4 members (excludes halogenated alkanes) is 1. The molecule has 1 aromatic rings. The lowest BCUT2D eigenvalue weighted by atomic mass is 10.2. The number of nitrogens with zero attached hydrogens (tertiary/aromatic N) is 1. The quantitative estimate of drug-likeness (QED) is 0.592. The molecular formula is C14H23ClN2O3. The molecule has 0 fully saturated rings. The first-order valence-electron chi connectivity index (χ1n) is 7.10. The Morgan fingerprint density at radius 1 is 1.30 bits per heavy atom. The molecule has 0 saturated carbocycles. The average molecular weight is 303 g/mol. The maximum Gasteiger partial charge on any atom is 0.329 e. The van der Waals surface area contributed by atoms with Gasteiger partial charge in [-0.1, -0.05) is 24.9 Å². The zero-order valence-corrected chi connectivity index (χ0v) is 13.1. The highest BCUT2D eigenvalue weighted by Gasteiger charge is 2.11. The van der Waals surface area contributed by atoms with E-state index in [-0.39, 0.29) is 16.8 Å². The Hall–Kier alpha value is -1.07. The Balaban J connectivity index is 2.73. The van der Waals surface area contributed by atoms with Crippen molar-refractivity contribution in [1.29, 1.82) is 0 Å². The van der Waals surface area contributed by atoms with E-state index in [1.807, 2.05) is 20.8 Å². The zero-order chi connectivity index (χ0) is 15.1. The fourth-order valence-corrected chi connectivity index (χ4v) is 2.20. The number of hydrogen-bond acceptors (Lipinski definition) is 3. The number of ether oxygens (including phenoxy) is 1. The standard InChI is InChI=1S/C14H23ClN2O3/c1-4-7-11-12(15)16-14(19)17(13(11)18)8-5-6-9-20-10(2)3/h10H,4-9H2,1-3H3,(H,16,19). The molecule has 0 aromatic carbocycles. The molecule has 0 saturated heterocycles. The molecule has 0 spiro atoms. The van der Waals surface area contributed by atoms with Crippen LogP contribution in [0.5, 0.6) is 0 Å². The number of aromatic amines is 1. The van der Waals surface area contributed by atoms with Crippen molar-refractivity contribution < 1.29 is 4.74 Å². The normalized spacial score (nSPS) is 11.2. The lowest BCUT2D eigenvalue weighted by molar-refractivity contribution is 0.0753. The summed E-state index contributed by atoms with van der Waals surface area (Å²) >= 11 is 5.92. The maximum atomic E-state index is 12.2. The number of nitrogens with one attached hydrogen (secondary N) is 1. The molecular weight excluding hydrogens is 280 g/mol. The van der Waals surface area contributed by atoms with Crippen molar-refractivity contribution in [3.05, 3.63) is 31.6 Å². The van der Waals surface area contributed by atoms with Crippen molar-refractivity contribution in [3.8, 4) is 0 Å². The summed E-state index contributed by atoms with van der Waals surface area (Å²) in [5.74, 6) is 0. The summed E-state index contributed by atoms with van der Waals surface area (Å²) in [5, 5.41) is 0.168. The van der Waals surface area contributed by atoms with Crippen molar-refractivity contribution >= 4 is 11.6 Å². The van der Waals surface area contributed by atoms with Crippen molar-refractivity contribution in [3.63, 3.8) is 0 Å². The number of aromatic nitrogens is 2. The highest BCUT2D eigenvalue weighted by Crippen LogP contribution is 2.08. The topological polar surface area (TPSA) is 64.1 Å². The second-order valence-corrected chi connectivity index (χ2v) is 5.43. The molecule has 1 rings (SSSR count). The Morgan fingerprint density at radius 3 is 2.60 bits per heavy atom. The molecule has 0 radical (unpaired) electrons. The van der Waals surface area contributed by atoms with E-state index in [9.17, 15) is 9.59 Å². The first kappa shape index (κ1) is 17.0. The lowest BCUT2D eigenvalue weighted by Gasteiger charge is -2.09. The fourth-order valence-electron chi connectivity index (χ4n) is 1.95. The second-order valence-electron chi connectivity index (χ2n) is 5.06. The third-order valence-electron chi connectivity index (χ3n) is 2.96. The van der Waals surface area contributed by atoms with E-state index >= 15 is 0 Å². The number of H-pyrrole nitrogens is 1. The van der Waals surface area contributed by atoms with Crippen LogP contribution in [-0.2, 0) is 17.7 Å². The molecule has 0 aliphatic rings. The van der Waals surface area contributed by atoms with Gasteiger partial charge in [0.25, 0.3) is 5.56 Å². The highest BCUT2D eigenvalue weighted by molar-refractivity contribution is 6.30. The third kappa shape index (κ3) is 4.80. The summed E-state index contributed by atoms with van der Waals surface area (Å²) in [6.45, 7) is 6.95. The predicted molar refractivity (Wildman–Crippen MR) is 80.6 cm³/mol. The van der Waals surface area contributed by atoms with Crippen LogP contribution in [0.1, 0.15) is 45.6 Å². The van der Waals surface area contributed by atoms with Gasteiger partial charge in [0.1, 0.15) is 5.15 Å². The minimum absolute atomic E-state index is 0.168. The number of hydrogen-bond donors (Lipinski definition) is 1. The molecule has 1 aromatic heterocycles. The van der Waals surface area contributed by atoms with Gasteiger partial charge in [0, 0.05) is 13.2 Å². The molecule has 0 unspecified atom stereocenters. The Kier molecular flexibility index (Phi) is 7.02. The van der Waals surface area contributed by atoms with Gasteiger partial charge >= 0.3 is 5.69 Å². The first-order valence-corrected chi connectivity index (χ1v) is 7.48. The zero-order valence-electron chi connectivity index (χ0n) is 12.4. The molecule has 5 nitrogen and oxygen atoms in total. The van der Waals surface area contributed by atoms with Crippen LogP contribution in [0.25, 0.3) is 0 Å². The van der Waals surface area contributed by atoms with E-state index in [1.54, 1.807) is 0 Å². The Bertz CT molecular complexity index is 534. The largest absolute Gasteiger partial charge is 0.379 e. The van der Waals surface area contributed by atoms with Crippen LogP contribution in [0.3, 0.4) is 0 Å². The monoisotopic (exact) mass is 302 g/mol. The summed E-state index contributed by atoms with van der Waals surface area (Å²) < 4.78 is 6.66. The van der Waals surface area contributed by atoms with E-state index in [0.717, 1.165) is 19.3 Å². The molecule has 0 bridgehead atoms. The summed E-state index contributed by atoms with van der Waals surface area (Å²) in [5.41, 5.74) is -0.220. The first-order chi connectivity index (χ1) is 9.47. The summed E-state index contributed by atoms with van der Waals surface area (Å²) in [4.78, 5) is 26.5. The molecule has 0 aliphatic carbocycles. The number of halogens is 1. The third-order valence-corrected chi connectivity index (χ3v) is 3.28. The highest BCUT2D eigenvalue weighted by atomic mass is 35.5. The van der Waals surface area contributed by atoms with Gasteiger partial charge in [-0.15, -0.1) is 0 Å². The average Bonchev–Trinajstić information content (AvgIpc) is 2.37. The van der Waals surface area contributed by atoms with Crippen LogP contribution in [0.4, 0.5) is 0 Å². The van der Waals surface area contributed by atoms with Gasteiger partial charge in [-0.2, -0.15) is 0 Å². The Morgan fingerprint density at radius 2 is 2.00 bits per heavy atom. The van der Waals surface area contributed by atoms with Gasteiger partial charge in [-0.25, -0.2) is 4.79 Å². The van der Waals surface area contributed by atoms with Gasteiger partial charge in [-0.3, -0.25) is 14.3 Å².